The first-order valence-corrected chi connectivity index (χ1v) is 11.6. The van der Waals surface area contributed by atoms with Gasteiger partial charge in [-0.15, -0.1) is 0 Å². The number of carbonyl (C=O) groups excluding carboxylic acids is 2. The van der Waals surface area contributed by atoms with E-state index < -0.39 is 54.7 Å². The summed E-state index contributed by atoms with van der Waals surface area (Å²) < 4.78 is 20.5. The lowest BCUT2D eigenvalue weighted by molar-refractivity contribution is -0.204. The van der Waals surface area contributed by atoms with Crippen molar-refractivity contribution in [1.82, 2.24) is 0 Å². The Morgan fingerprint density at radius 1 is 0.846 bits per heavy atom. The summed E-state index contributed by atoms with van der Waals surface area (Å²) in [5, 5.41) is 50.0. The molecule has 3 rings (SSSR count). The van der Waals surface area contributed by atoms with Crippen molar-refractivity contribution in [2.24, 2.45) is 0 Å². The molecule has 2 aromatic carbocycles. The number of rotatable bonds is 9. The fraction of sp³-hybridized carbons (Fsp3) is 0.296. The zero-order chi connectivity index (χ0) is 28.7. The van der Waals surface area contributed by atoms with E-state index in [1.807, 2.05) is 0 Å². The highest BCUT2D eigenvalue weighted by molar-refractivity contribution is 5.88. The molecule has 12 nitrogen and oxygen atoms in total. The van der Waals surface area contributed by atoms with Gasteiger partial charge in [0.15, 0.2) is 34.7 Å². The molecule has 0 aliphatic heterocycles. The Morgan fingerprint density at radius 2 is 1.44 bits per heavy atom. The molecule has 0 bridgehead atoms. The molecule has 0 saturated heterocycles. The molecule has 0 aromatic heterocycles. The minimum Gasteiger partial charge on any atom is -0.504 e. The van der Waals surface area contributed by atoms with Gasteiger partial charge in [0.25, 0.3) is 0 Å². The Labute approximate surface area is 222 Å². The van der Waals surface area contributed by atoms with Gasteiger partial charge in [0.2, 0.25) is 0 Å². The second-order valence-corrected chi connectivity index (χ2v) is 8.72. The lowest BCUT2D eigenvalue weighted by Gasteiger charge is -2.40. The van der Waals surface area contributed by atoms with Crippen molar-refractivity contribution in [2.75, 3.05) is 14.2 Å². The number of methoxy groups -OCH3 is 2. The minimum absolute atomic E-state index is 0.101. The van der Waals surface area contributed by atoms with Gasteiger partial charge in [-0.1, -0.05) is 12.1 Å². The van der Waals surface area contributed by atoms with Gasteiger partial charge in [-0.2, -0.15) is 0 Å². The molecule has 208 valence electrons. The second-order valence-electron chi connectivity index (χ2n) is 8.72. The molecule has 4 atom stereocenters. The molecule has 1 aliphatic rings. The van der Waals surface area contributed by atoms with E-state index in [1.165, 1.54) is 56.7 Å². The van der Waals surface area contributed by atoms with E-state index in [2.05, 4.69) is 0 Å². The Hall–Kier alpha value is -4.55. The summed E-state index contributed by atoms with van der Waals surface area (Å²) in [6.07, 6.45) is -1.34. The quantitative estimate of drug-likeness (QED) is 0.227. The maximum atomic E-state index is 12.5. The summed E-state index contributed by atoms with van der Waals surface area (Å²) >= 11 is 0. The first kappa shape index (κ1) is 29.0. The van der Waals surface area contributed by atoms with Gasteiger partial charge in [-0.05, 0) is 47.5 Å². The van der Waals surface area contributed by atoms with E-state index in [0.29, 0.717) is 11.1 Å². The van der Waals surface area contributed by atoms with Crippen LogP contribution in [0.2, 0.25) is 0 Å². The van der Waals surface area contributed by atoms with Crippen molar-refractivity contribution in [3.05, 3.63) is 59.7 Å². The maximum absolute atomic E-state index is 12.5. The van der Waals surface area contributed by atoms with Gasteiger partial charge in [0, 0.05) is 25.0 Å². The lowest BCUT2D eigenvalue weighted by atomic mass is 9.79. The summed E-state index contributed by atoms with van der Waals surface area (Å²) in [6, 6.07) is 8.68. The summed E-state index contributed by atoms with van der Waals surface area (Å²) in [7, 11) is 2.74. The molecule has 39 heavy (non-hydrogen) atoms. The number of aliphatic carboxylic acids is 1. The Kier molecular flexibility index (Phi) is 9.17. The summed E-state index contributed by atoms with van der Waals surface area (Å²) in [5.74, 6) is -3.44. The molecule has 1 saturated carbocycles. The van der Waals surface area contributed by atoms with Crippen molar-refractivity contribution >= 4 is 30.1 Å². The third kappa shape index (κ3) is 7.27. The van der Waals surface area contributed by atoms with Crippen molar-refractivity contribution in [3.63, 3.8) is 0 Å². The molecule has 2 aromatic rings. The van der Waals surface area contributed by atoms with Crippen LogP contribution in [0.15, 0.2) is 48.6 Å². The monoisotopic (exact) mass is 544 g/mol. The smallest absolute Gasteiger partial charge is 0.335 e. The van der Waals surface area contributed by atoms with E-state index in [0.717, 1.165) is 12.2 Å². The van der Waals surface area contributed by atoms with Crippen molar-refractivity contribution in [2.45, 2.75) is 36.8 Å². The number of benzene rings is 2. The first-order valence-electron chi connectivity index (χ1n) is 11.6. The minimum atomic E-state index is -2.43. The third-order valence-corrected chi connectivity index (χ3v) is 5.98. The number of hydrogen-bond acceptors (Lipinski definition) is 11. The van der Waals surface area contributed by atoms with Crippen LogP contribution in [0, 0.1) is 0 Å². The molecule has 0 radical (unpaired) electrons. The number of aliphatic hydroxyl groups is 2. The van der Waals surface area contributed by atoms with Crippen LogP contribution in [0.1, 0.15) is 24.0 Å². The predicted molar refractivity (Wildman–Crippen MR) is 135 cm³/mol. The van der Waals surface area contributed by atoms with Crippen LogP contribution in [-0.4, -0.2) is 81.6 Å². The molecule has 12 heteroatoms. The van der Waals surface area contributed by atoms with Crippen LogP contribution in [0.5, 0.6) is 23.0 Å². The van der Waals surface area contributed by atoms with Gasteiger partial charge >= 0.3 is 17.9 Å². The van der Waals surface area contributed by atoms with Crippen LogP contribution < -0.4 is 9.47 Å². The number of phenols is 2. The second kappa shape index (κ2) is 12.3. The topological polar surface area (TPSA) is 189 Å². The van der Waals surface area contributed by atoms with Gasteiger partial charge < -0.3 is 44.5 Å². The SMILES string of the molecule is COc1ccc(/C=C/C(=O)O[C@@H]2C[C@@](O)(C(=O)O)C[C@@H](O)[C@@H]2OC(=O)/C=C/c2ccc(O)c(OC)c2)cc1O. The maximum Gasteiger partial charge on any atom is 0.335 e. The fourth-order valence-corrected chi connectivity index (χ4v) is 3.98. The molecular weight excluding hydrogens is 516 g/mol. The molecular formula is C27H28O12. The van der Waals surface area contributed by atoms with E-state index in [4.69, 9.17) is 18.9 Å². The number of carboxylic acids is 1. The van der Waals surface area contributed by atoms with Crippen molar-refractivity contribution in [1.29, 1.82) is 0 Å². The average Bonchev–Trinajstić information content (AvgIpc) is 2.89. The largest absolute Gasteiger partial charge is 0.504 e. The van der Waals surface area contributed by atoms with Gasteiger partial charge in [0.1, 0.15) is 6.10 Å². The number of esters is 2. The zero-order valence-corrected chi connectivity index (χ0v) is 21.0. The summed E-state index contributed by atoms with van der Waals surface area (Å²) in [5.41, 5.74) is -1.55. The number of aromatic hydroxyl groups is 2. The first-order chi connectivity index (χ1) is 18.4. The normalized spacial score (nSPS) is 22.9. The molecule has 0 amide bonds. The Morgan fingerprint density at radius 3 is 2.03 bits per heavy atom. The molecule has 1 aliphatic carbocycles. The van der Waals surface area contributed by atoms with E-state index in [9.17, 15) is 39.9 Å². The van der Waals surface area contributed by atoms with Crippen LogP contribution in [0.3, 0.4) is 0 Å². The van der Waals surface area contributed by atoms with E-state index in [1.54, 1.807) is 6.07 Å². The molecule has 0 spiro atoms. The Bertz CT molecular complexity index is 1280. The number of phenolic OH excluding ortho intramolecular Hbond substituents is 2. The number of ether oxygens (including phenoxy) is 4. The Balaban J connectivity index is 1.75. The highest BCUT2D eigenvalue weighted by Crippen LogP contribution is 2.34. The highest BCUT2D eigenvalue weighted by Gasteiger charge is 2.52. The number of aliphatic hydroxyl groups excluding tert-OH is 1. The van der Waals surface area contributed by atoms with Gasteiger partial charge in [-0.3, -0.25) is 0 Å². The van der Waals surface area contributed by atoms with Gasteiger partial charge in [-0.25, -0.2) is 14.4 Å². The highest BCUT2D eigenvalue weighted by atomic mass is 16.6. The van der Waals surface area contributed by atoms with Crippen molar-refractivity contribution < 1.29 is 58.9 Å². The number of hydrogen-bond donors (Lipinski definition) is 5. The fourth-order valence-electron chi connectivity index (χ4n) is 3.98. The van der Waals surface area contributed by atoms with E-state index in [-0.39, 0.29) is 23.0 Å². The van der Waals surface area contributed by atoms with Crippen LogP contribution in [0.25, 0.3) is 12.2 Å². The molecule has 0 unspecified atom stereocenters. The van der Waals surface area contributed by atoms with Crippen LogP contribution in [-0.2, 0) is 23.9 Å². The number of carbonyl (C=O) groups is 3. The molecule has 0 heterocycles. The third-order valence-electron chi connectivity index (χ3n) is 5.98. The number of carboxylic acid groups (broad SMARTS) is 1. The molecule has 5 N–H and O–H groups in total. The lowest BCUT2D eigenvalue weighted by Crippen LogP contribution is -2.58. The average molecular weight is 545 g/mol. The summed E-state index contributed by atoms with van der Waals surface area (Å²) in [4.78, 5) is 36.6. The van der Waals surface area contributed by atoms with Crippen LogP contribution in [0.4, 0.5) is 0 Å². The van der Waals surface area contributed by atoms with E-state index >= 15 is 0 Å². The van der Waals surface area contributed by atoms with Gasteiger partial charge in [0.05, 0.1) is 20.3 Å². The van der Waals surface area contributed by atoms with Crippen LogP contribution >= 0.6 is 0 Å². The molecule has 1 fully saturated rings. The van der Waals surface area contributed by atoms with Crippen molar-refractivity contribution in [3.8, 4) is 23.0 Å². The summed E-state index contributed by atoms with van der Waals surface area (Å²) in [6.45, 7) is 0. The zero-order valence-electron chi connectivity index (χ0n) is 21.0. The standard InChI is InChI=1S/C27H28O12/c1-36-20-8-4-15(11-18(20)29)5-9-23(31)38-22-14-27(35,26(33)34)13-19(30)25(22)39-24(32)10-6-16-3-7-17(28)21(12-16)37-2/h3-12,19,22,25,28-30,35H,13-14H2,1-2H3,(H,33,34)/b9-5+,10-6+/t19-,22-,25+,27-/m1/s1. The predicted octanol–water partition coefficient (Wildman–Crippen LogP) is 1.64.